The second-order valence-electron chi connectivity index (χ2n) is 6.75. The largest absolute Gasteiger partial charge is 0.351 e. The summed E-state index contributed by atoms with van der Waals surface area (Å²) in [6.45, 7) is 1.76. The number of carbonyl (C=O) groups is 1. The van der Waals surface area contributed by atoms with E-state index >= 15 is 0 Å². The highest BCUT2D eigenvalue weighted by atomic mass is 19.2. The van der Waals surface area contributed by atoms with Gasteiger partial charge in [0.1, 0.15) is 5.69 Å². The van der Waals surface area contributed by atoms with E-state index in [1.807, 2.05) is 24.3 Å². The molecule has 0 bridgehead atoms. The molecule has 0 fully saturated rings. The summed E-state index contributed by atoms with van der Waals surface area (Å²) < 4.78 is 27.4. The van der Waals surface area contributed by atoms with Gasteiger partial charge in [-0.15, -0.1) is 0 Å². The molecule has 7 heteroatoms. The van der Waals surface area contributed by atoms with Gasteiger partial charge in [-0.05, 0) is 42.1 Å². The molecule has 5 nitrogen and oxygen atoms in total. The van der Waals surface area contributed by atoms with Crippen LogP contribution in [0.2, 0.25) is 0 Å². The van der Waals surface area contributed by atoms with Crippen LogP contribution in [0.25, 0.3) is 21.7 Å². The van der Waals surface area contributed by atoms with Crippen molar-refractivity contribution in [3.8, 4) is 0 Å². The molecule has 1 amide bonds. The van der Waals surface area contributed by atoms with Gasteiger partial charge in [0.25, 0.3) is 11.5 Å². The van der Waals surface area contributed by atoms with Crippen LogP contribution in [0.15, 0.2) is 53.5 Å². The fraction of sp³-hybridized carbons (Fsp3) is 0.143. The summed E-state index contributed by atoms with van der Waals surface area (Å²) in [6, 6.07) is 10.7. The van der Waals surface area contributed by atoms with Crippen LogP contribution in [0, 0.1) is 11.6 Å². The van der Waals surface area contributed by atoms with E-state index in [1.165, 1.54) is 11.1 Å². The van der Waals surface area contributed by atoms with Gasteiger partial charge in [0.05, 0.1) is 11.4 Å². The van der Waals surface area contributed by atoms with E-state index in [4.69, 9.17) is 0 Å². The molecule has 1 atom stereocenters. The molecule has 0 radical (unpaired) electrons. The minimum Gasteiger partial charge on any atom is -0.351 e. The van der Waals surface area contributed by atoms with Gasteiger partial charge in [0, 0.05) is 24.1 Å². The summed E-state index contributed by atoms with van der Waals surface area (Å²) in [5, 5.41) is 1.22. The normalized spacial score (nSPS) is 12.4. The van der Waals surface area contributed by atoms with E-state index in [2.05, 4.69) is 9.97 Å². The van der Waals surface area contributed by atoms with E-state index in [1.54, 1.807) is 20.0 Å². The number of rotatable bonds is 3. The van der Waals surface area contributed by atoms with Gasteiger partial charge in [-0.1, -0.05) is 18.2 Å². The number of carbonyl (C=O) groups excluding carboxylic acids is 1. The van der Waals surface area contributed by atoms with Crippen molar-refractivity contribution in [1.29, 1.82) is 0 Å². The lowest BCUT2D eigenvalue weighted by molar-refractivity contribution is 0.0738. The Kier molecular flexibility index (Phi) is 4.22. The van der Waals surface area contributed by atoms with E-state index in [-0.39, 0.29) is 16.7 Å². The predicted octanol–water partition coefficient (Wildman–Crippen LogP) is 4.12. The Labute approximate surface area is 158 Å². The number of hydrogen-bond donors (Lipinski definition) is 2. The molecular formula is C21H17F2N3O2. The van der Waals surface area contributed by atoms with Crippen molar-refractivity contribution >= 4 is 27.6 Å². The number of para-hydroxylation sites is 1. The fourth-order valence-corrected chi connectivity index (χ4v) is 3.38. The second kappa shape index (κ2) is 6.60. The lowest BCUT2D eigenvalue weighted by Crippen LogP contribution is -2.30. The summed E-state index contributed by atoms with van der Waals surface area (Å²) in [5.74, 6) is -2.40. The standard InChI is InChI=1S/C21H17F2N3O2/c1-11(15-10-24-20(27)14-9-17(23)16(22)8-13(14)15)26(2)21(28)19-7-12-5-3-4-6-18(12)25-19/h3-11,25H,1-2H3,(H,24,27). The monoisotopic (exact) mass is 381 g/mol. The van der Waals surface area contributed by atoms with Crippen LogP contribution in [0.4, 0.5) is 8.78 Å². The molecule has 2 N–H and O–H groups in total. The van der Waals surface area contributed by atoms with Gasteiger partial charge < -0.3 is 14.9 Å². The Hall–Kier alpha value is -3.48. The molecule has 0 spiro atoms. The number of fused-ring (bicyclic) bond motifs is 2. The summed E-state index contributed by atoms with van der Waals surface area (Å²) >= 11 is 0. The number of aromatic nitrogens is 2. The quantitative estimate of drug-likeness (QED) is 0.560. The van der Waals surface area contributed by atoms with Crippen molar-refractivity contribution in [3.63, 3.8) is 0 Å². The van der Waals surface area contributed by atoms with Crippen LogP contribution in [-0.4, -0.2) is 27.8 Å². The summed E-state index contributed by atoms with van der Waals surface area (Å²) in [7, 11) is 1.62. The molecule has 2 aromatic heterocycles. The zero-order chi connectivity index (χ0) is 20.0. The van der Waals surface area contributed by atoms with Crippen molar-refractivity contribution in [2.24, 2.45) is 0 Å². The third kappa shape index (κ3) is 2.85. The molecule has 2 aromatic carbocycles. The highest BCUT2D eigenvalue weighted by molar-refractivity contribution is 5.98. The average Bonchev–Trinajstić information content (AvgIpc) is 3.12. The molecule has 0 aliphatic heterocycles. The SMILES string of the molecule is CC(c1c[nH]c(=O)c2cc(F)c(F)cc12)N(C)C(=O)c1cc2ccccc2[nH]1. The van der Waals surface area contributed by atoms with Crippen LogP contribution in [0.5, 0.6) is 0 Å². The maximum Gasteiger partial charge on any atom is 0.270 e. The van der Waals surface area contributed by atoms with Crippen molar-refractivity contribution < 1.29 is 13.6 Å². The van der Waals surface area contributed by atoms with E-state index < -0.39 is 23.2 Å². The number of benzene rings is 2. The van der Waals surface area contributed by atoms with Gasteiger partial charge in [-0.25, -0.2) is 8.78 Å². The van der Waals surface area contributed by atoms with Crippen LogP contribution in [-0.2, 0) is 0 Å². The summed E-state index contributed by atoms with van der Waals surface area (Å²) in [5.41, 5.74) is 1.26. The van der Waals surface area contributed by atoms with E-state index in [9.17, 15) is 18.4 Å². The third-order valence-electron chi connectivity index (χ3n) is 5.09. The summed E-state index contributed by atoms with van der Waals surface area (Å²) in [6.07, 6.45) is 1.43. The molecule has 28 heavy (non-hydrogen) atoms. The Morgan fingerprint density at radius 1 is 1.07 bits per heavy atom. The Balaban J connectivity index is 1.75. The minimum atomic E-state index is -1.09. The Morgan fingerprint density at radius 3 is 2.46 bits per heavy atom. The number of pyridine rings is 1. The molecule has 0 saturated carbocycles. The van der Waals surface area contributed by atoms with Crippen LogP contribution >= 0.6 is 0 Å². The minimum absolute atomic E-state index is 0.0368. The molecular weight excluding hydrogens is 364 g/mol. The van der Waals surface area contributed by atoms with E-state index in [0.29, 0.717) is 11.3 Å². The van der Waals surface area contributed by atoms with Crippen molar-refractivity contribution in [1.82, 2.24) is 14.9 Å². The molecule has 1 unspecified atom stereocenters. The first kappa shape index (κ1) is 17.9. The lowest BCUT2D eigenvalue weighted by Gasteiger charge is -2.25. The molecule has 0 aliphatic rings. The van der Waals surface area contributed by atoms with Crippen molar-refractivity contribution in [2.75, 3.05) is 7.05 Å². The summed E-state index contributed by atoms with van der Waals surface area (Å²) in [4.78, 5) is 32.1. The van der Waals surface area contributed by atoms with Crippen molar-refractivity contribution in [3.05, 3.63) is 81.9 Å². The predicted molar refractivity (Wildman–Crippen MR) is 103 cm³/mol. The first-order valence-electron chi connectivity index (χ1n) is 8.72. The fourth-order valence-electron chi connectivity index (χ4n) is 3.38. The maximum atomic E-state index is 13.8. The van der Waals surface area contributed by atoms with Gasteiger partial charge in [-0.2, -0.15) is 0 Å². The van der Waals surface area contributed by atoms with Crippen LogP contribution in [0.1, 0.15) is 29.0 Å². The van der Waals surface area contributed by atoms with Gasteiger partial charge in [-0.3, -0.25) is 9.59 Å². The number of amides is 1. The number of nitrogens with zero attached hydrogens (tertiary/aromatic N) is 1. The Bertz CT molecular complexity index is 1240. The first-order chi connectivity index (χ1) is 13.4. The van der Waals surface area contributed by atoms with Crippen LogP contribution < -0.4 is 5.56 Å². The smallest absolute Gasteiger partial charge is 0.270 e. The average molecular weight is 381 g/mol. The molecule has 2 heterocycles. The third-order valence-corrected chi connectivity index (χ3v) is 5.09. The zero-order valence-electron chi connectivity index (χ0n) is 15.2. The molecule has 4 aromatic rings. The number of hydrogen-bond acceptors (Lipinski definition) is 2. The van der Waals surface area contributed by atoms with Gasteiger partial charge in [0.15, 0.2) is 11.6 Å². The topological polar surface area (TPSA) is 69.0 Å². The maximum absolute atomic E-state index is 13.8. The van der Waals surface area contributed by atoms with Gasteiger partial charge >= 0.3 is 0 Å². The second-order valence-corrected chi connectivity index (χ2v) is 6.75. The number of halogens is 2. The number of H-pyrrole nitrogens is 2. The van der Waals surface area contributed by atoms with Crippen LogP contribution in [0.3, 0.4) is 0 Å². The molecule has 4 rings (SSSR count). The van der Waals surface area contributed by atoms with E-state index in [0.717, 1.165) is 23.0 Å². The lowest BCUT2D eigenvalue weighted by atomic mass is 10.0. The first-order valence-corrected chi connectivity index (χ1v) is 8.72. The van der Waals surface area contributed by atoms with Gasteiger partial charge in [0.2, 0.25) is 0 Å². The number of nitrogens with one attached hydrogen (secondary N) is 2. The highest BCUT2D eigenvalue weighted by Gasteiger charge is 2.23. The zero-order valence-corrected chi connectivity index (χ0v) is 15.2. The molecule has 142 valence electrons. The Morgan fingerprint density at radius 2 is 1.75 bits per heavy atom. The molecule has 0 saturated heterocycles. The number of aromatic amines is 2. The molecule has 0 aliphatic carbocycles. The highest BCUT2D eigenvalue weighted by Crippen LogP contribution is 2.28. The van der Waals surface area contributed by atoms with Crippen molar-refractivity contribution in [2.45, 2.75) is 13.0 Å².